The van der Waals surface area contributed by atoms with Gasteiger partial charge < -0.3 is 14.5 Å². The maximum absolute atomic E-state index is 11.9. The van der Waals surface area contributed by atoms with Crippen LogP contribution in [0.5, 0.6) is 5.75 Å². The normalized spacial score (nSPS) is 11.9. The number of methoxy groups -OCH3 is 1. The third kappa shape index (κ3) is 3.61. The lowest BCUT2D eigenvalue weighted by atomic mass is 10.2. The quantitative estimate of drug-likeness (QED) is 0.849. The highest BCUT2D eigenvalue weighted by molar-refractivity contribution is 5.93. The summed E-state index contributed by atoms with van der Waals surface area (Å²) in [5.74, 6) is 1.31. The summed E-state index contributed by atoms with van der Waals surface area (Å²) in [7, 11) is 1.57. The standard InChI is InChI=1S/C15H18N2O3/c1-11(13-8-5-9-20-13)16-10-15(18)17-12-6-3-4-7-14(12)19-2/h3-9,11,16H,10H2,1-2H3,(H,17,18). The number of carbonyl (C=O) groups is 1. The second kappa shape index (κ2) is 6.77. The van der Waals surface area contributed by atoms with Crippen molar-refractivity contribution in [2.45, 2.75) is 13.0 Å². The van der Waals surface area contributed by atoms with Gasteiger partial charge in [0.05, 0.1) is 31.6 Å². The summed E-state index contributed by atoms with van der Waals surface area (Å²) in [4.78, 5) is 11.9. The van der Waals surface area contributed by atoms with Crippen LogP contribution in [0.25, 0.3) is 0 Å². The van der Waals surface area contributed by atoms with E-state index in [1.54, 1.807) is 25.5 Å². The van der Waals surface area contributed by atoms with Crippen LogP contribution < -0.4 is 15.4 Å². The fraction of sp³-hybridized carbons (Fsp3) is 0.267. The molecule has 5 heteroatoms. The SMILES string of the molecule is COc1ccccc1NC(=O)CNC(C)c1ccco1. The number of nitrogens with one attached hydrogen (secondary N) is 2. The summed E-state index contributed by atoms with van der Waals surface area (Å²) in [6, 6.07) is 11.0. The lowest BCUT2D eigenvalue weighted by molar-refractivity contribution is -0.115. The highest BCUT2D eigenvalue weighted by Gasteiger charge is 2.11. The molecule has 2 aromatic rings. The molecule has 2 N–H and O–H groups in total. The molecule has 20 heavy (non-hydrogen) atoms. The summed E-state index contributed by atoms with van der Waals surface area (Å²) in [6.07, 6.45) is 1.61. The summed E-state index contributed by atoms with van der Waals surface area (Å²) >= 11 is 0. The molecule has 1 heterocycles. The van der Waals surface area contributed by atoms with Crippen molar-refractivity contribution in [3.05, 3.63) is 48.4 Å². The van der Waals surface area contributed by atoms with Crippen LogP contribution in [0.4, 0.5) is 5.69 Å². The maximum atomic E-state index is 11.9. The molecular formula is C15H18N2O3. The minimum Gasteiger partial charge on any atom is -0.495 e. The number of hydrogen-bond acceptors (Lipinski definition) is 4. The van der Waals surface area contributed by atoms with E-state index in [4.69, 9.17) is 9.15 Å². The van der Waals surface area contributed by atoms with Gasteiger partial charge in [-0.2, -0.15) is 0 Å². The van der Waals surface area contributed by atoms with Gasteiger partial charge in [-0.15, -0.1) is 0 Å². The van der Waals surface area contributed by atoms with E-state index in [1.807, 2.05) is 31.2 Å². The zero-order chi connectivity index (χ0) is 14.4. The van der Waals surface area contributed by atoms with Gasteiger partial charge in [0.2, 0.25) is 5.91 Å². The summed E-state index contributed by atoms with van der Waals surface area (Å²) in [5, 5.41) is 5.90. The first-order valence-corrected chi connectivity index (χ1v) is 6.40. The smallest absolute Gasteiger partial charge is 0.238 e. The van der Waals surface area contributed by atoms with Crippen molar-refractivity contribution in [2.24, 2.45) is 0 Å². The minimum atomic E-state index is -0.132. The van der Waals surface area contributed by atoms with Gasteiger partial charge in [-0.3, -0.25) is 10.1 Å². The van der Waals surface area contributed by atoms with Gasteiger partial charge in [-0.05, 0) is 31.2 Å². The minimum absolute atomic E-state index is 0.0200. The predicted octanol–water partition coefficient (Wildman–Crippen LogP) is 2.58. The third-order valence-corrected chi connectivity index (χ3v) is 2.92. The Morgan fingerprint density at radius 2 is 2.10 bits per heavy atom. The fourth-order valence-electron chi connectivity index (χ4n) is 1.83. The molecule has 0 fully saturated rings. The molecule has 1 aromatic carbocycles. The zero-order valence-corrected chi connectivity index (χ0v) is 11.6. The Balaban J connectivity index is 1.86. The number of rotatable bonds is 6. The van der Waals surface area contributed by atoms with Crippen LogP contribution in [0.2, 0.25) is 0 Å². The number of para-hydroxylation sites is 2. The van der Waals surface area contributed by atoms with Crippen molar-refractivity contribution in [3.63, 3.8) is 0 Å². The average molecular weight is 274 g/mol. The van der Waals surface area contributed by atoms with Crippen LogP contribution in [-0.4, -0.2) is 19.6 Å². The lowest BCUT2D eigenvalue weighted by Crippen LogP contribution is -2.30. The summed E-state index contributed by atoms with van der Waals surface area (Å²) in [5.41, 5.74) is 0.660. The van der Waals surface area contributed by atoms with Crippen molar-refractivity contribution in [1.82, 2.24) is 5.32 Å². The van der Waals surface area contributed by atoms with Gasteiger partial charge in [-0.1, -0.05) is 12.1 Å². The molecule has 0 saturated carbocycles. The van der Waals surface area contributed by atoms with Crippen LogP contribution in [0.3, 0.4) is 0 Å². The van der Waals surface area contributed by atoms with E-state index in [1.165, 1.54) is 0 Å². The number of carbonyl (C=O) groups excluding carboxylic acids is 1. The molecule has 0 aliphatic rings. The molecule has 106 valence electrons. The number of ether oxygens (including phenoxy) is 1. The highest BCUT2D eigenvalue weighted by atomic mass is 16.5. The van der Waals surface area contributed by atoms with E-state index in [0.29, 0.717) is 11.4 Å². The highest BCUT2D eigenvalue weighted by Crippen LogP contribution is 2.22. The Bertz CT molecular complexity index is 552. The Hall–Kier alpha value is -2.27. The first kappa shape index (κ1) is 14.1. The second-order valence-electron chi connectivity index (χ2n) is 4.37. The molecule has 0 aliphatic heterocycles. The van der Waals surface area contributed by atoms with E-state index in [9.17, 15) is 4.79 Å². The third-order valence-electron chi connectivity index (χ3n) is 2.92. The largest absolute Gasteiger partial charge is 0.495 e. The van der Waals surface area contributed by atoms with Gasteiger partial charge in [0.15, 0.2) is 0 Å². The fourth-order valence-corrected chi connectivity index (χ4v) is 1.83. The first-order valence-electron chi connectivity index (χ1n) is 6.40. The molecule has 0 radical (unpaired) electrons. The first-order chi connectivity index (χ1) is 9.70. The number of anilines is 1. The van der Waals surface area contributed by atoms with Crippen LogP contribution in [-0.2, 0) is 4.79 Å². The van der Waals surface area contributed by atoms with Gasteiger partial charge >= 0.3 is 0 Å². The zero-order valence-electron chi connectivity index (χ0n) is 11.6. The second-order valence-corrected chi connectivity index (χ2v) is 4.37. The molecule has 0 bridgehead atoms. The van der Waals surface area contributed by atoms with E-state index < -0.39 is 0 Å². The Morgan fingerprint density at radius 1 is 1.30 bits per heavy atom. The molecular weight excluding hydrogens is 256 g/mol. The molecule has 1 atom stereocenters. The molecule has 2 rings (SSSR count). The maximum Gasteiger partial charge on any atom is 0.238 e. The van der Waals surface area contributed by atoms with Crippen LogP contribution in [0.1, 0.15) is 18.7 Å². The van der Waals surface area contributed by atoms with Crippen molar-refractivity contribution in [1.29, 1.82) is 0 Å². The molecule has 5 nitrogen and oxygen atoms in total. The summed E-state index contributed by atoms with van der Waals surface area (Å²) in [6.45, 7) is 2.13. The van der Waals surface area contributed by atoms with Crippen molar-refractivity contribution in [2.75, 3.05) is 19.0 Å². The average Bonchev–Trinajstić information content (AvgIpc) is 2.99. The predicted molar refractivity (Wildman–Crippen MR) is 76.7 cm³/mol. The van der Waals surface area contributed by atoms with Gasteiger partial charge in [0.25, 0.3) is 0 Å². The monoisotopic (exact) mass is 274 g/mol. The van der Waals surface area contributed by atoms with Crippen molar-refractivity contribution in [3.8, 4) is 5.75 Å². The number of hydrogen-bond donors (Lipinski definition) is 2. The van der Waals surface area contributed by atoms with Gasteiger partial charge in [0, 0.05) is 0 Å². The molecule has 1 aromatic heterocycles. The van der Waals surface area contributed by atoms with E-state index >= 15 is 0 Å². The van der Waals surface area contributed by atoms with Crippen LogP contribution in [0.15, 0.2) is 47.1 Å². The molecule has 0 aliphatic carbocycles. The number of benzene rings is 1. The number of furan rings is 1. The Kier molecular flexibility index (Phi) is 4.79. The van der Waals surface area contributed by atoms with Gasteiger partial charge in [-0.25, -0.2) is 0 Å². The van der Waals surface area contributed by atoms with Crippen LogP contribution >= 0.6 is 0 Å². The summed E-state index contributed by atoms with van der Waals surface area (Å²) < 4.78 is 10.4. The van der Waals surface area contributed by atoms with E-state index in [-0.39, 0.29) is 18.5 Å². The van der Waals surface area contributed by atoms with E-state index in [2.05, 4.69) is 10.6 Å². The van der Waals surface area contributed by atoms with Gasteiger partial charge in [0.1, 0.15) is 11.5 Å². The lowest BCUT2D eigenvalue weighted by Gasteiger charge is -2.13. The molecule has 0 saturated heterocycles. The molecule has 1 unspecified atom stereocenters. The number of amides is 1. The molecule has 0 spiro atoms. The Morgan fingerprint density at radius 3 is 2.80 bits per heavy atom. The van der Waals surface area contributed by atoms with Crippen molar-refractivity contribution < 1.29 is 13.9 Å². The molecule has 1 amide bonds. The van der Waals surface area contributed by atoms with Crippen molar-refractivity contribution >= 4 is 11.6 Å². The topological polar surface area (TPSA) is 63.5 Å². The Labute approximate surface area is 117 Å². The van der Waals surface area contributed by atoms with Crippen LogP contribution in [0, 0.1) is 0 Å². The van der Waals surface area contributed by atoms with E-state index in [0.717, 1.165) is 5.76 Å².